The number of rotatable bonds is 3. The smallest absolute Gasteiger partial charge is 0.384 e. The fourth-order valence-corrected chi connectivity index (χ4v) is 1.10. The Morgan fingerprint density at radius 1 is 1.47 bits per heavy atom. The average Bonchev–Trinajstić information content (AvgIpc) is 2.13. The van der Waals surface area contributed by atoms with Gasteiger partial charge in [0, 0.05) is 31.5 Å². The van der Waals surface area contributed by atoms with E-state index in [0.29, 0.717) is 11.5 Å². The van der Waals surface area contributed by atoms with Crippen molar-refractivity contribution in [2.45, 2.75) is 12.6 Å². The van der Waals surface area contributed by atoms with E-state index >= 15 is 0 Å². The molecule has 0 saturated heterocycles. The lowest BCUT2D eigenvalue weighted by Gasteiger charge is -2.20. The highest BCUT2D eigenvalue weighted by Gasteiger charge is 2.27. The van der Waals surface area contributed by atoms with E-state index in [1.807, 2.05) is 0 Å². The number of nitrogens with zero attached hydrogens (tertiary/aromatic N) is 2. The summed E-state index contributed by atoms with van der Waals surface area (Å²) in [5.41, 5.74) is 6.05. The maximum Gasteiger partial charge on any atom is 0.390 e. The molecule has 6 heteroatoms. The van der Waals surface area contributed by atoms with Crippen molar-refractivity contribution in [3.63, 3.8) is 0 Å². The minimum absolute atomic E-state index is 0.0903. The standard InChI is InChI=1S/C9H12F3N3/c1-15(5-3-9(10,11)12)7-2-4-14-8(13)6-7/h2,4,6H,3,5H2,1H3,(H2,13,14). The molecule has 0 aliphatic heterocycles. The minimum atomic E-state index is -4.13. The highest BCUT2D eigenvalue weighted by molar-refractivity contribution is 5.51. The molecule has 0 aliphatic rings. The molecular formula is C9H12F3N3. The van der Waals surface area contributed by atoms with Crippen molar-refractivity contribution in [3.05, 3.63) is 18.3 Å². The number of hydrogen-bond acceptors (Lipinski definition) is 3. The van der Waals surface area contributed by atoms with Crippen LogP contribution in [0.15, 0.2) is 18.3 Å². The van der Waals surface area contributed by atoms with Gasteiger partial charge in [0.15, 0.2) is 0 Å². The highest BCUT2D eigenvalue weighted by atomic mass is 19.4. The number of alkyl halides is 3. The Morgan fingerprint density at radius 3 is 2.67 bits per heavy atom. The lowest BCUT2D eigenvalue weighted by atomic mass is 10.3. The molecule has 0 saturated carbocycles. The van der Waals surface area contributed by atoms with Gasteiger partial charge >= 0.3 is 6.18 Å². The van der Waals surface area contributed by atoms with Crippen LogP contribution in [0.1, 0.15) is 6.42 Å². The number of nitrogens with two attached hydrogens (primary N) is 1. The summed E-state index contributed by atoms with van der Waals surface area (Å²) < 4.78 is 35.8. The molecule has 0 bridgehead atoms. The van der Waals surface area contributed by atoms with Gasteiger partial charge in [0.2, 0.25) is 0 Å². The Hall–Kier alpha value is -1.46. The minimum Gasteiger partial charge on any atom is -0.384 e. The van der Waals surface area contributed by atoms with Crippen LogP contribution in [0.25, 0.3) is 0 Å². The van der Waals surface area contributed by atoms with Gasteiger partial charge in [-0.1, -0.05) is 0 Å². The molecule has 2 N–H and O–H groups in total. The number of anilines is 2. The van der Waals surface area contributed by atoms with Crippen LogP contribution >= 0.6 is 0 Å². The number of pyridine rings is 1. The number of aromatic nitrogens is 1. The maximum atomic E-state index is 11.9. The van der Waals surface area contributed by atoms with E-state index in [0.717, 1.165) is 0 Å². The van der Waals surface area contributed by atoms with E-state index < -0.39 is 12.6 Å². The second kappa shape index (κ2) is 4.37. The van der Waals surface area contributed by atoms with E-state index in [-0.39, 0.29) is 6.54 Å². The maximum absolute atomic E-state index is 11.9. The van der Waals surface area contributed by atoms with Gasteiger partial charge < -0.3 is 10.6 Å². The lowest BCUT2D eigenvalue weighted by molar-refractivity contribution is -0.132. The van der Waals surface area contributed by atoms with Gasteiger partial charge in [-0.05, 0) is 6.07 Å². The van der Waals surface area contributed by atoms with Crippen LogP contribution in [-0.4, -0.2) is 24.8 Å². The van der Waals surface area contributed by atoms with E-state index in [1.54, 1.807) is 13.1 Å². The normalized spacial score (nSPS) is 11.5. The van der Waals surface area contributed by atoms with Gasteiger partial charge in [-0.25, -0.2) is 4.98 Å². The molecule has 0 spiro atoms. The van der Waals surface area contributed by atoms with Crippen LogP contribution in [0.5, 0.6) is 0 Å². The summed E-state index contributed by atoms with van der Waals surface area (Å²) in [6.07, 6.45) is -3.51. The Bertz CT molecular complexity index is 325. The first-order valence-electron chi connectivity index (χ1n) is 4.38. The molecule has 0 unspecified atom stereocenters. The molecule has 1 rings (SSSR count). The summed E-state index contributed by atoms with van der Waals surface area (Å²) in [5, 5.41) is 0. The monoisotopic (exact) mass is 219 g/mol. The van der Waals surface area contributed by atoms with Gasteiger partial charge in [-0.15, -0.1) is 0 Å². The van der Waals surface area contributed by atoms with Crippen molar-refractivity contribution in [2.24, 2.45) is 0 Å². The van der Waals surface area contributed by atoms with Crippen molar-refractivity contribution in [3.8, 4) is 0 Å². The molecule has 0 atom stereocenters. The zero-order chi connectivity index (χ0) is 11.5. The third-order valence-corrected chi connectivity index (χ3v) is 1.94. The SMILES string of the molecule is CN(CCC(F)(F)F)c1ccnc(N)c1. The molecule has 1 heterocycles. The fraction of sp³-hybridized carbons (Fsp3) is 0.444. The zero-order valence-electron chi connectivity index (χ0n) is 8.25. The first kappa shape index (κ1) is 11.6. The summed E-state index contributed by atoms with van der Waals surface area (Å²) >= 11 is 0. The van der Waals surface area contributed by atoms with Crippen molar-refractivity contribution in [1.82, 2.24) is 4.98 Å². The van der Waals surface area contributed by atoms with Gasteiger partial charge in [-0.3, -0.25) is 0 Å². The molecule has 1 aromatic rings. The third-order valence-electron chi connectivity index (χ3n) is 1.94. The lowest BCUT2D eigenvalue weighted by Crippen LogP contribution is -2.24. The van der Waals surface area contributed by atoms with Crippen LogP contribution in [-0.2, 0) is 0 Å². The van der Waals surface area contributed by atoms with Crippen LogP contribution < -0.4 is 10.6 Å². The molecule has 0 fully saturated rings. The topological polar surface area (TPSA) is 42.2 Å². The first-order chi connectivity index (χ1) is 6.88. The summed E-state index contributed by atoms with van der Waals surface area (Å²) in [6.45, 7) is -0.0903. The summed E-state index contributed by atoms with van der Waals surface area (Å²) in [6, 6.07) is 3.16. The molecule has 0 amide bonds. The van der Waals surface area contributed by atoms with Crippen molar-refractivity contribution < 1.29 is 13.2 Å². The van der Waals surface area contributed by atoms with Crippen LogP contribution in [0.4, 0.5) is 24.7 Å². The number of hydrogen-bond donors (Lipinski definition) is 1. The van der Waals surface area contributed by atoms with Gasteiger partial charge in [0.05, 0.1) is 6.42 Å². The summed E-state index contributed by atoms with van der Waals surface area (Å²) in [7, 11) is 1.58. The van der Waals surface area contributed by atoms with Crippen molar-refractivity contribution in [2.75, 3.05) is 24.2 Å². The second-order valence-electron chi connectivity index (χ2n) is 3.23. The molecule has 0 aliphatic carbocycles. The molecule has 0 aromatic carbocycles. The van der Waals surface area contributed by atoms with Gasteiger partial charge in [0.25, 0.3) is 0 Å². The number of nitrogen functional groups attached to an aromatic ring is 1. The van der Waals surface area contributed by atoms with Crippen molar-refractivity contribution in [1.29, 1.82) is 0 Å². The molecule has 84 valence electrons. The molecule has 1 aromatic heterocycles. The van der Waals surface area contributed by atoms with Crippen LogP contribution in [0, 0.1) is 0 Å². The van der Waals surface area contributed by atoms with Gasteiger partial charge in [0.1, 0.15) is 5.82 Å². The van der Waals surface area contributed by atoms with Crippen LogP contribution in [0.3, 0.4) is 0 Å². The molecule has 0 radical (unpaired) electrons. The Kier molecular flexibility index (Phi) is 3.39. The molecule has 15 heavy (non-hydrogen) atoms. The second-order valence-corrected chi connectivity index (χ2v) is 3.23. The van der Waals surface area contributed by atoms with E-state index in [4.69, 9.17) is 5.73 Å². The Labute approximate surface area is 85.7 Å². The first-order valence-corrected chi connectivity index (χ1v) is 4.38. The average molecular weight is 219 g/mol. The van der Waals surface area contributed by atoms with Crippen LogP contribution in [0.2, 0.25) is 0 Å². The highest BCUT2D eigenvalue weighted by Crippen LogP contribution is 2.21. The molecular weight excluding hydrogens is 207 g/mol. The van der Waals surface area contributed by atoms with E-state index in [1.165, 1.54) is 17.2 Å². The predicted molar refractivity (Wildman–Crippen MR) is 52.6 cm³/mol. The molecule has 3 nitrogen and oxygen atoms in total. The number of halogens is 3. The summed E-state index contributed by atoms with van der Waals surface area (Å²) in [5.74, 6) is 0.298. The van der Waals surface area contributed by atoms with E-state index in [9.17, 15) is 13.2 Å². The third kappa shape index (κ3) is 4.05. The Morgan fingerprint density at radius 2 is 2.13 bits per heavy atom. The Balaban J connectivity index is 2.58. The fourth-order valence-electron chi connectivity index (χ4n) is 1.10. The predicted octanol–water partition coefficient (Wildman–Crippen LogP) is 2.05. The van der Waals surface area contributed by atoms with Gasteiger partial charge in [-0.2, -0.15) is 13.2 Å². The largest absolute Gasteiger partial charge is 0.390 e. The van der Waals surface area contributed by atoms with E-state index in [2.05, 4.69) is 4.98 Å². The summed E-state index contributed by atoms with van der Waals surface area (Å²) in [4.78, 5) is 5.25. The zero-order valence-corrected chi connectivity index (χ0v) is 8.25. The quantitative estimate of drug-likeness (QED) is 0.846. The van der Waals surface area contributed by atoms with Crippen molar-refractivity contribution >= 4 is 11.5 Å².